The van der Waals surface area contributed by atoms with Gasteiger partial charge in [0.1, 0.15) is 17.8 Å². The predicted octanol–water partition coefficient (Wildman–Crippen LogP) is 1.46. The zero-order valence-corrected chi connectivity index (χ0v) is 17.5. The largest absolute Gasteiger partial charge is 0.482 e. The fourth-order valence-electron chi connectivity index (χ4n) is 2.09. The van der Waals surface area contributed by atoms with E-state index >= 15 is 0 Å². The Morgan fingerprint density at radius 2 is 1.55 bits per heavy atom. The third kappa shape index (κ3) is 12.1. The van der Waals surface area contributed by atoms with Crippen LogP contribution in [0.4, 0.5) is 0 Å². The van der Waals surface area contributed by atoms with Crippen molar-refractivity contribution in [2.45, 2.75) is 39.3 Å². The minimum Gasteiger partial charge on any atom is -0.480 e. The number of carbonyl (C=O) groups is 2. The Balaban J connectivity index is 0. The molecule has 0 aliphatic heterocycles. The maximum Gasteiger partial charge on any atom is 0.482 e. The number of carboxylic acid groups (broad SMARTS) is 1. The second-order valence-electron chi connectivity index (χ2n) is 6.38. The average molecular weight is 428 g/mol. The van der Waals surface area contributed by atoms with E-state index < -0.39 is 24.0 Å². The molecule has 0 aliphatic rings. The number of esters is 1. The number of hydrogen-bond acceptors (Lipinski definition) is 7. The highest BCUT2D eigenvalue weighted by atomic mass is 35.5. The van der Waals surface area contributed by atoms with Crippen LogP contribution in [-0.4, -0.2) is 46.9 Å². The lowest BCUT2D eigenvalue weighted by Crippen LogP contribution is -2.31. The van der Waals surface area contributed by atoms with Crippen molar-refractivity contribution in [3.63, 3.8) is 0 Å². The smallest absolute Gasteiger partial charge is 0.480 e. The van der Waals surface area contributed by atoms with Gasteiger partial charge in [-0.15, -0.1) is 12.4 Å². The number of carbonyl (C=O) groups excluding carboxylic acids is 1. The van der Waals surface area contributed by atoms with Crippen LogP contribution in [0.1, 0.15) is 27.2 Å². The summed E-state index contributed by atoms with van der Waals surface area (Å²) in [5.74, 6) is -0.420. The van der Waals surface area contributed by atoms with Crippen LogP contribution in [0.2, 0.25) is 0 Å². The molecule has 0 saturated carbocycles. The Labute approximate surface area is 177 Å². The highest BCUT2D eigenvalue weighted by Crippen LogP contribution is 2.25. The summed E-state index contributed by atoms with van der Waals surface area (Å²) in [6, 6.07) is 12.0. The molecular weight excluding hydrogens is 398 g/mol. The topological polar surface area (TPSA) is 156 Å². The summed E-state index contributed by atoms with van der Waals surface area (Å²) in [4.78, 5) is 21.5. The minimum absolute atomic E-state index is 0. The first-order valence-electron chi connectivity index (χ1n) is 8.67. The molecule has 0 heterocycles. The molecule has 2 atom stereocenters. The van der Waals surface area contributed by atoms with E-state index in [2.05, 4.69) is 0 Å². The van der Waals surface area contributed by atoms with E-state index in [1.165, 1.54) is 0 Å². The Hall–Kier alpha value is -2.17. The molecule has 0 aliphatic carbocycles. The number of aliphatic carboxylic acids is 1. The maximum atomic E-state index is 11.4. The van der Waals surface area contributed by atoms with Crippen molar-refractivity contribution >= 4 is 42.8 Å². The Bertz CT molecular complexity index is 740. The molecule has 8 nitrogen and oxygen atoms in total. The van der Waals surface area contributed by atoms with E-state index in [1.54, 1.807) is 13.0 Å². The summed E-state index contributed by atoms with van der Waals surface area (Å²) >= 11 is 0. The SMILES string of the molecule is CC(C)C[C@H](N)C(=O)O.C[C@H](N)C(=O)Oc1cccc2ccccc12.Cl.O[B]O. The van der Waals surface area contributed by atoms with Gasteiger partial charge in [-0.3, -0.25) is 4.79 Å². The Morgan fingerprint density at radius 3 is 2.00 bits per heavy atom. The van der Waals surface area contributed by atoms with Crippen molar-refractivity contribution in [3.8, 4) is 5.75 Å². The number of hydrogen-bond donors (Lipinski definition) is 5. The number of benzene rings is 2. The minimum atomic E-state index is -0.913. The van der Waals surface area contributed by atoms with Crippen molar-refractivity contribution in [3.05, 3.63) is 42.5 Å². The van der Waals surface area contributed by atoms with E-state index in [4.69, 9.17) is 31.4 Å². The van der Waals surface area contributed by atoms with E-state index in [0.717, 1.165) is 10.8 Å². The van der Waals surface area contributed by atoms with Crippen molar-refractivity contribution in [1.82, 2.24) is 0 Å². The molecule has 29 heavy (non-hydrogen) atoms. The van der Waals surface area contributed by atoms with Crippen LogP contribution in [0.5, 0.6) is 5.75 Å². The van der Waals surface area contributed by atoms with Gasteiger partial charge in [-0.25, -0.2) is 4.79 Å². The maximum absolute atomic E-state index is 11.4. The number of rotatable bonds is 5. The molecule has 0 fully saturated rings. The van der Waals surface area contributed by atoms with Crippen molar-refractivity contribution in [1.29, 1.82) is 0 Å². The van der Waals surface area contributed by atoms with Crippen LogP contribution < -0.4 is 16.2 Å². The second kappa shape index (κ2) is 15.7. The number of ether oxygens (including phenoxy) is 1. The number of nitrogens with two attached hydrogens (primary N) is 2. The molecule has 0 spiro atoms. The summed E-state index contributed by atoms with van der Waals surface area (Å²) in [7, 11) is 0. The molecule has 0 amide bonds. The zero-order chi connectivity index (χ0) is 21.7. The van der Waals surface area contributed by atoms with Crippen LogP contribution >= 0.6 is 12.4 Å². The summed E-state index contributed by atoms with van der Waals surface area (Å²) in [6.45, 7) is 5.50. The van der Waals surface area contributed by atoms with Crippen molar-refractivity contribution < 1.29 is 29.5 Å². The Kier molecular flexibility index (Phi) is 15.7. The molecule has 1 radical (unpaired) electrons. The van der Waals surface area contributed by atoms with Crippen LogP contribution in [0.25, 0.3) is 10.8 Å². The molecule has 161 valence electrons. The standard InChI is InChI=1S/C13H13NO2.C6H13NO2.BH2O2.ClH/c1-9(14)13(15)16-12-8-4-6-10-5-2-3-7-11(10)12;1-4(2)3-5(7)6(8)9;2-1-3;/h2-9H,14H2,1H3;4-5H,3,7H2,1-2H3,(H,8,9);2-3H;1H/t9-;5-;;/m00../s1. The summed E-state index contributed by atoms with van der Waals surface area (Å²) in [5.41, 5.74) is 10.7. The Morgan fingerprint density at radius 1 is 1.03 bits per heavy atom. The highest BCUT2D eigenvalue weighted by molar-refractivity contribution is 6.13. The monoisotopic (exact) mass is 427 g/mol. The predicted molar refractivity (Wildman–Crippen MR) is 116 cm³/mol. The van der Waals surface area contributed by atoms with Gasteiger partial charge in [0, 0.05) is 5.39 Å². The van der Waals surface area contributed by atoms with Gasteiger partial charge >= 0.3 is 19.6 Å². The van der Waals surface area contributed by atoms with Crippen LogP contribution in [-0.2, 0) is 9.59 Å². The van der Waals surface area contributed by atoms with Gasteiger partial charge in [-0.05, 0) is 30.7 Å². The number of halogens is 1. The van der Waals surface area contributed by atoms with Crippen molar-refractivity contribution in [2.75, 3.05) is 0 Å². The van der Waals surface area contributed by atoms with Crippen LogP contribution in [0, 0.1) is 5.92 Å². The lowest BCUT2D eigenvalue weighted by molar-refractivity contribution is -0.139. The van der Waals surface area contributed by atoms with Crippen LogP contribution in [0.3, 0.4) is 0 Å². The first-order valence-corrected chi connectivity index (χ1v) is 8.67. The quantitative estimate of drug-likeness (QED) is 0.273. The zero-order valence-electron chi connectivity index (χ0n) is 16.7. The van der Waals surface area contributed by atoms with Crippen molar-refractivity contribution in [2.24, 2.45) is 17.4 Å². The van der Waals surface area contributed by atoms with Gasteiger partial charge in [-0.1, -0.05) is 50.2 Å². The second-order valence-corrected chi connectivity index (χ2v) is 6.38. The summed E-state index contributed by atoms with van der Waals surface area (Å²) in [5, 5.41) is 24.3. The van der Waals surface area contributed by atoms with Gasteiger partial charge in [-0.2, -0.15) is 0 Å². The molecule has 2 aromatic carbocycles. The lowest BCUT2D eigenvalue weighted by atomic mass is 10.1. The third-order valence-electron chi connectivity index (χ3n) is 3.37. The molecule has 0 aromatic heterocycles. The average Bonchev–Trinajstić information content (AvgIpc) is 2.62. The van der Waals surface area contributed by atoms with E-state index in [-0.39, 0.29) is 20.1 Å². The van der Waals surface area contributed by atoms with Gasteiger partial charge in [0.2, 0.25) is 0 Å². The molecule has 2 rings (SSSR count). The van der Waals surface area contributed by atoms with Gasteiger partial charge in [0.25, 0.3) is 0 Å². The normalized spacial score (nSPS) is 11.6. The summed E-state index contributed by atoms with van der Waals surface area (Å²) < 4.78 is 5.23. The molecule has 0 unspecified atom stereocenters. The van der Waals surface area contributed by atoms with Gasteiger partial charge < -0.3 is 31.4 Å². The first kappa shape index (κ1) is 29.0. The molecule has 2 aromatic rings. The molecule has 7 N–H and O–H groups in total. The highest BCUT2D eigenvalue weighted by Gasteiger charge is 2.12. The van der Waals surface area contributed by atoms with Crippen LogP contribution in [0.15, 0.2) is 42.5 Å². The molecule has 0 saturated heterocycles. The first-order chi connectivity index (χ1) is 13.1. The molecular formula is C19H29BClN2O6. The van der Waals surface area contributed by atoms with E-state index in [9.17, 15) is 9.59 Å². The van der Waals surface area contributed by atoms with E-state index in [1.807, 2.05) is 50.2 Å². The van der Waals surface area contributed by atoms with Gasteiger partial charge in [0.05, 0.1) is 0 Å². The number of carboxylic acids is 1. The fraction of sp³-hybridized carbons (Fsp3) is 0.368. The third-order valence-corrected chi connectivity index (χ3v) is 3.37. The summed E-state index contributed by atoms with van der Waals surface area (Å²) in [6.07, 6.45) is 0.551. The lowest BCUT2D eigenvalue weighted by Gasteiger charge is -2.09. The number of fused-ring (bicyclic) bond motifs is 1. The van der Waals surface area contributed by atoms with Gasteiger partial charge in [0.15, 0.2) is 0 Å². The molecule has 10 heteroatoms. The van der Waals surface area contributed by atoms with E-state index in [0.29, 0.717) is 18.1 Å². The molecule has 0 bridgehead atoms. The fourth-order valence-corrected chi connectivity index (χ4v) is 2.09.